The van der Waals surface area contributed by atoms with Crippen molar-refractivity contribution in [3.8, 4) is 0 Å². The normalized spacial score (nSPS) is 26.5. The Balaban J connectivity index is 1.82. The molecule has 0 aromatic heterocycles. The second-order valence-electron chi connectivity index (χ2n) is 6.02. The first-order valence-electron chi connectivity index (χ1n) is 7.54. The number of hydrogen-bond donors (Lipinski definition) is 0. The van der Waals surface area contributed by atoms with Gasteiger partial charge in [0, 0.05) is 18.6 Å². The number of amides is 1. The molecule has 0 N–H and O–H groups in total. The van der Waals surface area contributed by atoms with E-state index >= 15 is 0 Å². The quantitative estimate of drug-likeness (QED) is 0.837. The molecule has 114 valence electrons. The number of likely N-dealkylation sites (tertiary alicyclic amines) is 2. The summed E-state index contributed by atoms with van der Waals surface area (Å²) < 4.78 is 13.1. The highest BCUT2D eigenvalue weighted by Crippen LogP contribution is 2.31. The van der Waals surface area contributed by atoms with Crippen molar-refractivity contribution in [3.05, 3.63) is 34.6 Å². The van der Waals surface area contributed by atoms with Gasteiger partial charge >= 0.3 is 0 Å². The van der Waals surface area contributed by atoms with Crippen molar-refractivity contribution in [2.75, 3.05) is 20.1 Å². The molecular weight excluding hydrogens is 291 g/mol. The third-order valence-electron chi connectivity index (χ3n) is 4.74. The van der Waals surface area contributed by atoms with Crippen LogP contribution in [0.1, 0.15) is 36.0 Å². The van der Waals surface area contributed by atoms with Crippen LogP contribution in [0.15, 0.2) is 18.2 Å². The summed E-state index contributed by atoms with van der Waals surface area (Å²) in [6.07, 6.45) is 4.40. The molecule has 2 atom stereocenters. The first-order valence-corrected chi connectivity index (χ1v) is 7.92. The lowest BCUT2D eigenvalue weighted by Gasteiger charge is -2.33. The Morgan fingerprint density at radius 3 is 2.62 bits per heavy atom. The van der Waals surface area contributed by atoms with Crippen molar-refractivity contribution in [2.45, 2.75) is 37.8 Å². The number of carbonyl (C=O) groups excluding carboxylic acids is 1. The second kappa shape index (κ2) is 5.93. The molecule has 0 unspecified atom stereocenters. The SMILES string of the molecule is CN1CCC[C@H]1[C@H]1CCCN1C(=O)c1ccc(F)cc1Cl. The number of carbonyl (C=O) groups is 1. The highest BCUT2D eigenvalue weighted by atomic mass is 35.5. The fraction of sp³-hybridized carbons (Fsp3) is 0.562. The van der Waals surface area contributed by atoms with Gasteiger partial charge in [0.05, 0.1) is 10.6 Å². The van der Waals surface area contributed by atoms with E-state index in [1.807, 2.05) is 4.90 Å². The van der Waals surface area contributed by atoms with Crippen molar-refractivity contribution in [1.82, 2.24) is 9.80 Å². The molecule has 1 amide bonds. The molecule has 0 saturated carbocycles. The Bertz CT molecular complexity index is 551. The summed E-state index contributed by atoms with van der Waals surface area (Å²) in [7, 11) is 2.13. The van der Waals surface area contributed by atoms with E-state index in [0.717, 1.165) is 32.4 Å². The summed E-state index contributed by atoms with van der Waals surface area (Å²) >= 11 is 6.04. The highest BCUT2D eigenvalue weighted by molar-refractivity contribution is 6.33. The van der Waals surface area contributed by atoms with Gasteiger partial charge in [0.15, 0.2) is 0 Å². The Hall–Kier alpha value is -1.13. The summed E-state index contributed by atoms with van der Waals surface area (Å²) in [5, 5.41) is 0.199. The van der Waals surface area contributed by atoms with E-state index in [1.165, 1.54) is 24.6 Å². The Labute approximate surface area is 129 Å². The maximum absolute atomic E-state index is 13.1. The van der Waals surface area contributed by atoms with Gasteiger partial charge in [-0.3, -0.25) is 4.79 Å². The number of halogens is 2. The van der Waals surface area contributed by atoms with Crippen molar-refractivity contribution >= 4 is 17.5 Å². The van der Waals surface area contributed by atoms with Crippen LogP contribution in [-0.4, -0.2) is 47.9 Å². The van der Waals surface area contributed by atoms with Crippen molar-refractivity contribution in [3.63, 3.8) is 0 Å². The van der Waals surface area contributed by atoms with Crippen molar-refractivity contribution < 1.29 is 9.18 Å². The van der Waals surface area contributed by atoms with E-state index < -0.39 is 5.82 Å². The van der Waals surface area contributed by atoms with Gasteiger partial charge in [0.1, 0.15) is 5.82 Å². The van der Waals surface area contributed by atoms with Gasteiger partial charge in [-0.25, -0.2) is 4.39 Å². The van der Waals surface area contributed by atoms with Crippen LogP contribution in [0.4, 0.5) is 4.39 Å². The molecule has 2 saturated heterocycles. The molecule has 2 aliphatic heterocycles. The molecule has 0 bridgehead atoms. The zero-order valence-electron chi connectivity index (χ0n) is 12.2. The average Bonchev–Trinajstić information content (AvgIpc) is 3.06. The Morgan fingerprint density at radius 2 is 1.95 bits per heavy atom. The smallest absolute Gasteiger partial charge is 0.255 e. The van der Waals surface area contributed by atoms with Crippen LogP contribution in [0.25, 0.3) is 0 Å². The zero-order chi connectivity index (χ0) is 15.0. The van der Waals surface area contributed by atoms with E-state index in [4.69, 9.17) is 11.6 Å². The molecule has 0 radical (unpaired) electrons. The van der Waals surface area contributed by atoms with Crippen molar-refractivity contribution in [2.24, 2.45) is 0 Å². The van der Waals surface area contributed by atoms with Gasteiger partial charge in [-0.1, -0.05) is 11.6 Å². The van der Waals surface area contributed by atoms with Gasteiger partial charge in [-0.05, 0) is 57.5 Å². The van der Waals surface area contributed by atoms with Crippen LogP contribution in [0, 0.1) is 5.82 Å². The first-order chi connectivity index (χ1) is 10.1. The van der Waals surface area contributed by atoms with Gasteiger partial charge in [0.25, 0.3) is 5.91 Å². The molecule has 2 fully saturated rings. The number of rotatable bonds is 2. The standard InChI is InChI=1S/C16H20ClFN2O/c1-19-8-2-4-14(19)15-5-3-9-20(15)16(21)12-7-6-11(18)10-13(12)17/h6-7,10,14-15H,2-5,8-9H2,1H3/t14-,15+/m0/s1. The molecule has 2 heterocycles. The van der Waals surface area contributed by atoms with Crippen LogP contribution in [0.3, 0.4) is 0 Å². The van der Waals surface area contributed by atoms with E-state index in [-0.39, 0.29) is 17.0 Å². The number of nitrogens with zero attached hydrogens (tertiary/aromatic N) is 2. The van der Waals surface area contributed by atoms with Crippen LogP contribution >= 0.6 is 11.6 Å². The van der Waals surface area contributed by atoms with Crippen LogP contribution in [0.5, 0.6) is 0 Å². The molecule has 2 aliphatic rings. The van der Waals surface area contributed by atoms with E-state index in [2.05, 4.69) is 11.9 Å². The second-order valence-corrected chi connectivity index (χ2v) is 6.43. The minimum atomic E-state index is -0.412. The predicted molar refractivity (Wildman–Crippen MR) is 81.1 cm³/mol. The maximum atomic E-state index is 13.1. The number of hydrogen-bond acceptors (Lipinski definition) is 2. The topological polar surface area (TPSA) is 23.6 Å². The largest absolute Gasteiger partial charge is 0.334 e. The molecule has 5 heteroatoms. The number of likely N-dealkylation sites (N-methyl/N-ethyl adjacent to an activating group) is 1. The van der Waals surface area contributed by atoms with Gasteiger partial charge < -0.3 is 9.80 Å². The molecule has 0 spiro atoms. The monoisotopic (exact) mass is 310 g/mol. The summed E-state index contributed by atoms with van der Waals surface area (Å²) in [5.41, 5.74) is 0.408. The van der Waals surface area contributed by atoms with Gasteiger partial charge in [-0.15, -0.1) is 0 Å². The Kier molecular flexibility index (Phi) is 4.18. The summed E-state index contributed by atoms with van der Waals surface area (Å²) in [6.45, 7) is 1.86. The third-order valence-corrected chi connectivity index (χ3v) is 5.06. The molecular formula is C16H20ClFN2O. The fourth-order valence-corrected chi connectivity index (χ4v) is 3.93. The minimum Gasteiger partial charge on any atom is -0.334 e. The van der Waals surface area contributed by atoms with Crippen LogP contribution < -0.4 is 0 Å². The molecule has 3 rings (SSSR count). The summed E-state index contributed by atoms with van der Waals surface area (Å²) in [5.74, 6) is -0.479. The van der Waals surface area contributed by atoms with E-state index in [1.54, 1.807) is 0 Å². The molecule has 3 nitrogen and oxygen atoms in total. The first kappa shape index (κ1) is 14.8. The summed E-state index contributed by atoms with van der Waals surface area (Å²) in [4.78, 5) is 17.0. The molecule has 0 aliphatic carbocycles. The van der Waals surface area contributed by atoms with Crippen LogP contribution in [-0.2, 0) is 0 Å². The molecule has 1 aromatic rings. The van der Waals surface area contributed by atoms with Gasteiger partial charge in [-0.2, -0.15) is 0 Å². The van der Waals surface area contributed by atoms with Crippen LogP contribution in [0.2, 0.25) is 5.02 Å². The lowest BCUT2D eigenvalue weighted by Crippen LogP contribution is -2.47. The third kappa shape index (κ3) is 2.79. The minimum absolute atomic E-state index is 0.0669. The molecule has 21 heavy (non-hydrogen) atoms. The molecule has 1 aromatic carbocycles. The van der Waals surface area contributed by atoms with E-state index in [9.17, 15) is 9.18 Å². The predicted octanol–water partition coefficient (Wildman–Crippen LogP) is 3.18. The van der Waals surface area contributed by atoms with E-state index in [0.29, 0.717) is 11.6 Å². The van der Waals surface area contributed by atoms with Gasteiger partial charge in [0.2, 0.25) is 0 Å². The average molecular weight is 311 g/mol. The maximum Gasteiger partial charge on any atom is 0.255 e. The Morgan fingerprint density at radius 1 is 1.24 bits per heavy atom. The zero-order valence-corrected chi connectivity index (χ0v) is 12.9. The van der Waals surface area contributed by atoms with Crippen molar-refractivity contribution in [1.29, 1.82) is 0 Å². The number of benzene rings is 1. The fourth-order valence-electron chi connectivity index (χ4n) is 3.68. The highest BCUT2D eigenvalue weighted by Gasteiger charge is 2.38. The summed E-state index contributed by atoms with van der Waals surface area (Å²) in [6, 6.07) is 4.70. The lowest BCUT2D eigenvalue weighted by atomic mass is 10.0. The lowest BCUT2D eigenvalue weighted by molar-refractivity contribution is 0.0664.